The van der Waals surface area contributed by atoms with Gasteiger partial charge in [-0.25, -0.2) is 0 Å². The van der Waals surface area contributed by atoms with Crippen molar-refractivity contribution in [1.29, 1.82) is 0 Å². The minimum atomic E-state index is 1.04. The molecule has 74 valence electrons. The molecule has 13 heavy (non-hydrogen) atoms. The Balaban J connectivity index is 1.96. The Labute approximate surface area is 82.7 Å². The van der Waals surface area contributed by atoms with Crippen LogP contribution < -0.4 is 0 Å². The van der Waals surface area contributed by atoms with E-state index in [1.807, 2.05) is 0 Å². The van der Waals surface area contributed by atoms with Crippen LogP contribution in [0, 0.1) is 11.8 Å². The summed E-state index contributed by atoms with van der Waals surface area (Å²) in [4.78, 5) is 0. The number of allylic oxidation sites excluding steroid dienone is 4. The van der Waals surface area contributed by atoms with Crippen LogP contribution in [0.5, 0.6) is 0 Å². The predicted octanol–water partition coefficient (Wildman–Crippen LogP) is 4.34. The van der Waals surface area contributed by atoms with E-state index in [1.165, 1.54) is 32.1 Å². The van der Waals surface area contributed by atoms with Crippen LogP contribution in [0.4, 0.5) is 0 Å². The number of hydrogen-bond donors (Lipinski definition) is 0. The Morgan fingerprint density at radius 3 is 2.54 bits per heavy atom. The summed E-state index contributed by atoms with van der Waals surface area (Å²) in [6, 6.07) is 0. The van der Waals surface area contributed by atoms with Crippen LogP contribution in [-0.4, -0.2) is 0 Å². The monoisotopic (exact) mass is 178 g/mol. The molecule has 0 bridgehead atoms. The molecule has 0 atom stereocenters. The third kappa shape index (κ3) is 3.80. The molecule has 0 spiro atoms. The summed E-state index contributed by atoms with van der Waals surface area (Å²) in [5, 5.41) is 0. The Hall–Kier alpha value is -0.520. The lowest BCUT2D eigenvalue weighted by atomic mass is 9.72. The zero-order chi connectivity index (χ0) is 9.52. The molecule has 1 fully saturated rings. The van der Waals surface area contributed by atoms with E-state index in [0.29, 0.717) is 0 Å². The first-order valence-corrected chi connectivity index (χ1v) is 5.64. The van der Waals surface area contributed by atoms with Crippen molar-refractivity contribution in [2.75, 3.05) is 0 Å². The van der Waals surface area contributed by atoms with Crippen molar-refractivity contribution in [3.05, 3.63) is 24.3 Å². The maximum absolute atomic E-state index is 2.31. The fourth-order valence-corrected chi connectivity index (χ4v) is 2.06. The lowest BCUT2D eigenvalue weighted by Gasteiger charge is -2.34. The summed E-state index contributed by atoms with van der Waals surface area (Å²) in [5.74, 6) is 2.10. The van der Waals surface area contributed by atoms with Crippen molar-refractivity contribution in [1.82, 2.24) is 0 Å². The van der Waals surface area contributed by atoms with Gasteiger partial charge in [-0.3, -0.25) is 0 Å². The van der Waals surface area contributed by atoms with Crippen LogP contribution in [0.2, 0.25) is 0 Å². The molecule has 0 unspecified atom stereocenters. The molecule has 0 heterocycles. The van der Waals surface area contributed by atoms with E-state index in [9.17, 15) is 0 Å². The Morgan fingerprint density at radius 2 is 1.92 bits per heavy atom. The van der Waals surface area contributed by atoms with Crippen molar-refractivity contribution in [3.8, 4) is 0 Å². The molecular weight excluding hydrogens is 156 g/mol. The highest BCUT2D eigenvalue weighted by Crippen LogP contribution is 2.38. The second-order valence-corrected chi connectivity index (χ2v) is 4.14. The van der Waals surface area contributed by atoms with Crippen molar-refractivity contribution in [3.63, 3.8) is 0 Å². The average Bonchev–Trinajstić information content (AvgIpc) is 2.08. The molecule has 1 rings (SSSR count). The van der Waals surface area contributed by atoms with Gasteiger partial charge in [0.25, 0.3) is 0 Å². The lowest BCUT2D eigenvalue weighted by Crippen LogP contribution is -2.22. The molecule has 0 saturated heterocycles. The first-order valence-electron chi connectivity index (χ1n) is 5.64. The minimum absolute atomic E-state index is 1.04. The van der Waals surface area contributed by atoms with E-state index < -0.39 is 0 Å². The summed E-state index contributed by atoms with van der Waals surface area (Å²) >= 11 is 0. The van der Waals surface area contributed by atoms with E-state index in [-0.39, 0.29) is 0 Å². The maximum Gasteiger partial charge on any atom is -0.0345 e. The normalized spacial score (nSPS) is 28.5. The van der Waals surface area contributed by atoms with Crippen LogP contribution in [0.1, 0.15) is 46.0 Å². The Morgan fingerprint density at radius 1 is 1.15 bits per heavy atom. The smallest absolute Gasteiger partial charge is 0.0345 e. The lowest BCUT2D eigenvalue weighted by molar-refractivity contribution is 0.178. The molecule has 0 aromatic rings. The van der Waals surface area contributed by atoms with Crippen molar-refractivity contribution in [2.45, 2.75) is 46.0 Å². The number of hydrogen-bond acceptors (Lipinski definition) is 0. The maximum atomic E-state index is 2.31. The van der Waals surface area contributed by atoms with Gasteiger partial charge < -0.3 is 0 Å². The van der Waals surface area contributed by atoms with Gasteiger partial charge >= 0.3 is 0 Å². The SMILES string of the molecule is C/C=C/C=C\CCC1CC(CC)C1. The molecule has 0 radical (unpaired) electrons. The van der Waals surface area contributed by atoms with Gasteiger partial charge in [-0.05, 0) is 44.4 Å². The van der Waals surface area contributed by atoms with Gasteiger partial charge in [-0.2, -0.15) is 0 Å². The molecule has 0 aromatic heterocycles. The fraction of sp³-hybridized carbons (Fsp3) is 0.692. The quantitative estimate of drug-likeness (QED) is 0.549. The molecule has 0 aromatic carbocycles. The largest absolute Gasteiger partial charge is 0.0877 e. The van der Waals surface area contributed by atoms with Gasteiger partial charge in [0.2, 0.25) is 0 Å². The topological polar surface area (TPSA) is 0 Å². The highest BCUT2D eigenvalue weighted by Gasteiger charge is 2.26. The Bertz CT molecular complexity index is 170. The second-order valence-electron chi connectivity index (χ2n) is 4.14. The summed E-state index contributed by atoms with van der Waals surface area (Å²) in [7, 11) is 0. The van der Waals surface area contributed by atoms with E-state index >= 15 is 0 Å². The van der Waals surface area contributed by atoms with Crippen molar-refractivity contribution < 1.29 is 0 Å². The zero-order valence-electron chi connectivity index (χ0n) is 9.00. The van der Waals surface area contributed by atoms with Gasteiger partial charge in [0.05, 0.1) is 0 Å². The number of rotatable bonds is 5. The molecule has 1 aliphatic carbocycles. The van der Waals surface area contributed by atoms with Gasteiger partial charge in [-0.15, -0.1) is 0 Å². The van der Waals surface area contributed by atoms with E-state index in [1.54, 1.807) is 0 Å². The van der Waals surface area contributed by atoms with Gasteiger partial charge in [0.15, 0.2) is 0 Å². The summed E-state index contributed by atoms with van der Waals surface area (Å²) in [6.07, 6.45) is 15.7. The molecule has 1 aliphatic rings. The summed E-state index contributed by atoms with van der Waals surface area (Å²) < 4.78 is 0. The third-order valence-electron chi connectivity index (χ3n) is 3.09. The zero-order valence-corrected chi connectivity index (χ0v) is 9.00. The van der Waals surface area contributed by atoms with Crippen LogP contribution in [-0.2, 0) is 0 Å². The molecular formula is C13H22. The van der Waals surface area contributed by atoms with Crippen LogP contribution in [0.3, 0.4) is 0 Å². The van der Waals surface area contributed by atoms with E-state index in [2.05, 4.69) is 38.2 Å². The van der Waals surface area contributed by atoms with E-state index in [4.69, 9.17) is 0 Å². The first-order chi connectivity index (χ1) is 6.36. The second kappa shape index (κ2) is 6.01. The van der Waals surface area contributed by atoms with E-state index in [0.717, 1.165) is 11.8 Å². The minimum Gasteiger partial charge on any atom is -0.0877 e. The van der Waals surface area contributed by atoms with Crippen LogP contribution in [0.15, 0.2) is 24.3 Å². The molecule has 0 amide bonds. The summed E-state index contributed by atoms with van der Waals surface area (Å²) in [6.45, 7) is 4.37. The molecule has 0 nitrogen and oxygen atoms in total. The standard InChI is InChI=1S/C13H22/c1-3-5-6-7-8-9-13-10-12(4-2)11-13/h3,5-7,12-13H,4,8-11H2,1-2H3/b5-3+,7-6-. The van der Waals surface area contributed by atoms with Gasteiger partial charge in [0, 0.05) is 0 Å². The van der Waals surface area contributed by atoms with Gasteiger partial charge in [-0.1, -0.05) is 37.6 Å². The highest BCUT2D eigenvalue weighted by molar-refractivity contribution is 5.01. The molecule has 1 saturated carbocycles. The first kappa shape index (κ1) is 10.6. The van der Waals surface area contributed by atoms with Gasteiger partial charge in [0.1, 0.15) is 0 Å². The van der Waals surface area contributed by atoms with Crippen molar-refractivity contribution >= 4 is 0 Å². The average molecular weight is 178 g/mol. The fourth-order valence-electron chi connectivity index (χ4n) is 2.06. The third-order valence-corrected chi connectivity index (χ3v) is 3.09. The molecule has 0 heteroatoms. The Kier molecular flexibility index (Phi) is 4.88. The predicted molar refractivity (Wildman–Crippen MR) is 59.7 cm³/mol. The van der Waals surface area contributed by atoms with Crippen molar-refractivity contribution in [2.24, 2.45) is 11.8 Å². The summed E-state index contributed by atoms with van der Waals surface area (Å²) in [5.41, 5.74) is 0. The molecule has 0 aliphatic heterocycles. The highest BCUT2D eigenvalue weighted by atomic mass is 14.3. The van der Waals surface area contributed by atoms with Crippen LogP contribution in [0.25, 0.3) is 0 Å². The van der Waals surface area contributed by atoms with Crippen LogP contribution >= 0.6 is 0 Å². The molecule has 0 N–H and O–H groups in total.